The van der Waals surface area contributed by atoms with Gasteiger partial charge in [-0.25, -0.2) is 0 Å². The van der Waals surface area contributed by atoms with Gasteiger partial charge in [0.25, 0.3) is 0 Å². The van der Waals surface area contributed by atoms with Crippen LogP contribution in [-0.2, 0) is 72.0 Å². The second-order valence-corrected chi connectivity index (χ2v) is 22.3. The Morgan fingerprint density at radius 1 is 0.516 bits per heavy atom. The van der Waals surface area contributed by atoms with Gasteiger partial charge in [-0.15, -0.1) is 40.8 Å². The standard InChI is InChI=1S/C65H84N14O12/c1-45-71-75-62(76-72-45)52-19-11-47(12-20-52)43-68-58(81)27-32-88-36-38-90-34-30-79(31-35-91-39-37-89-33-28-59(82)69-44-48-13-21-53(22-14-48)63-77-73-46(2)74-78-63)60(83)26-25-57(80)67-42-49-15-23-54(24-16-49)64(86)70-56(65(87)66-29-7-3-4-10-61(84)85)41-50-17-18-51-8-5-6-9-55(51)40-50/h5-6,8-9,11-14,17-22,40,49,54,56H,3-4,7,10,15-16,23-39,41-44H2,1-2H3,(H,66,87)(H,67,80)(H,68,81)(H,69,82)(H,70,86)(H,84,85)/t49?,54?,56-/m0/s1. The van der Waals surface area contributed by atoms with Crippen molar-refractivity contribution >= 4 is 52.2 Å². The number of hydrogen-bond acceptors (Lipinski definition) is 19. The van der Waals surface area contributed by atoms with E-state index in [1.165, 1.54) is 0 Å². The molecule has 4 aromatic carbocycles. The van der Waals surface area contributed by atoms with Crippen LogP contribution in [0.25, 0.3) is 33.5 Å². The predicted octanol–water partition coefficient (Wildman–Crippen LogP) is 4.75. The molecule has 6 N–H and O–H groups in total. The predicted molar refractivity (Wildman–Crippen MR) is 335 cm³/mol. The van der Waals surface area contributed by atoms with Crippen LogP contribution in [0.5, 0.6) is 0 Å². The van der Waals surface area contributed by atoms with E-state index in [1.807, 2.05) is 91.0 Å². The summed E-state index contributed by atoms with van der Waals surface area (Å²) in [6, 6.07) is 28.0. The van der Waals surface area contributed by atoms with Crippen molar-refractivity contribution in [3.8, 4) is 22.8 Å². The van der Waals surface area contributed by atoms with Gasteiger partial charge in [0.05, 0.1) is 52.9 Å². The van der Waals surface area contributed by atoms with Crippen LogP contribution in [0.4, 0.5) is 0 Å². The lowest BCUT2D eigenvalue weighted by Crippen LogP contribution is -2.50. The van der Waals surface area contributed by atoms with E-state index in [0.717, 1.165) is 38.6 Å². The molecule has 7 rings (SSSR count). The zero-order valence-corrected chi connectivity index (χ0v) is 51.9. The van der Waals surface area contributed by atoms with Crippen molar-refractivity contribution in [2.75, 3.05) is 79.0 Å². The first-order valence-electron chi connectivity index (χ1n) is 31.2. The fraction of sp³-hybridized carbons (Fsp3) is 0.492. The van der Waals surface area contributed by atoms with Gasteiger partial charge in [0.2, 0.25) is 47.1 Å². The molecule has 0 saturated heterocycles. The summed E-state index contributed by atoms with van der Waals surface area (Å²) in [5, 5.41) is 57.8. The lowest BCUT2D eigenvalue weighted by Gasteiger charge is -2.29. The zero-order valence-electron chi connectivity index (χ0n) is 51.9. The molecule has 6 amide bonds. The third-order valence-electron chi connectivity index (χ3n) is 15.2. The monoisotopic (exact) mass is 1250 g/mol. The molecule has 0 unspecified atom stereocenters. The van der Waals surface area contributed by atoms with E-state index in [9.17, 15) is 33.6 Å². The summed E-state index contributed by atoms with van der Waals surface area (Å²) in [6.07, 6.45) is 4.99. The molecule has 1 saturated carbocycles. The molecule has 1 atom stereocenters. The molecule has 2 heterocycles. The molecule has 1 aliphatic rings. The molecule has 91 heavy (non-hydrogen) atoms. The van der Waals surface area contributed by atoms with E-state index < -0.39 is 12.0 Å². The average Bonchev–Trinajstić information content (AvgIpc) is 2.09. The van der Waals surface area contributed by atoms with Gasteiger partial charge >= 0.3 is 5.97 Å². The summed E-state index contributed by atoms with van der Waals surface area (Å²) in [5.41, 5.74) is 4.23. The maximum Gasteiger partial charge on any atom is 0.303 e. The molecule has 6 aromatic rings. The summed E-state index contributed by atoms with van der Waals surface area (Å²) in [5.74, 6) is -0.572. The van der Waals surface area contributed by atoms with Crippen molar-refractivity contribution in [1.29, 1.82) is 0 Å². The molecule has 0 radical (unpaired) electrons. The summed E-state index contributed by atoms with van der Waals surface area (Å²) in [4.78, 5) is 91.7. The van der Waals surface area contributed by atoms with Crippen LogP contribution >= 0.6 is 0 Å². The van der Waals surface area contributed by atoms with Crippen LogP contribution in [0.1, 0.15) is 105 Å². The lowest BCUT2D eigenvalue weighted by atomic mass is 9.81. The SMILES string of the molecule is Cc1nnc(-c2ccc(CNC(=O)CCOCCOCCN(CCOCCOCCC(=O)NCc3ccc(-c4nnc(C)nn4)cc3)C(=O)CCC(=O)NCC3CCC(C(=O)N[C@@H](Cc4ccc5ccccc5c4)C(=O)NCCCCCC(=O)O)CC3)cc2)nn1. The topological polar surface area (TPSA) is 343 Å². The van der Waals surface area contributed by atoms with Crippen molar-refractivity contribution in [2.24, 2.45) is 11.8 Å². The largest absolute Gasteiger partial charge is 0.481 e. The Morgan fingerprint density at radius 3 is 1.56 bits per heavy atom. The molecule has 1 aliphatic carbocycles. The highest BCUT2D eigenvalue weighted by atomic mass is 16.5. The van der Waals surface area contributed by atoms with Crippen LogP contribution in [-0.4, -0.2) is 177 Å². The summed E-state index contributed by atoms with van der Waals surface area (Å²) in [6.45, 7) is 7.00. The number of carboxylic acids is 1. The van der Waals surface area contributed by atoms with Crippen LogP contribution in [0.15, 0.2) is 91.0 Å². The van der Waals surface area contributed by atoms with Crippen molar-refractivity contribution in [3.63, 3.8) is 0 Å². The molecule has 0 spiro atoms. The van der Waals surface area contributed by atoms with Gasteiger partial charge in [-0.05, 0) is 85.8 Å². The summed E-state index contributed by atoms with van der Waals surface area (Å²) < 4.78 is 22.9. The Labute approximate surface area is 529 Å². The minimum atomic E-state index is -0.852. The molecule has 2 aromatic heterocycles. The number of rotatable bonds is 40. The Kier molecular flexibility index (Phi) is 29.6. The Bertz CT molecular complexity index is 3120. The number of carbonyl (C=O) groups is 7. The zero-order chi connectivity index (χ0) is 64.4. The summed E-state index contributed by atoms with van der Waals surface area (Å²) in [7, 11) is 0. The van der Waals surface area contributed by atoms with Crippen molar-refractivity contribution in [2.45, 2.75) is 116 Å². The Hall–Kier alpha value is -8.85. The lowest BCUT2D eigenvalue weighted by molar-refractivity contribution is -0.137. The van der Waals surface area contributed by atoms with E-state index >= 15 is 0 Å². The quantitative estimate of drug-likeness (QED) is 0.0283. The van der Waals surface area contributed by atoms with Gasteiger partial charge in [-0.1, -0.05) is 97.4 Å². The number of amides is 6. The number of aryl methyl sites for hydroxylation is 2. The number of nitrogens with one attached hydrogen (secondary N) is 5. The smallest absolute Gasteiger partial charge is 0.303 e. The molecule has 486 valence electrons. The van der Waals surface area contributed by atoms with Gasteiger partial charge < -0.3 is 55.5 Å². The van der Waals surface area contributed by atoms with E-state index in [2.05, 4.69) is 67.4 Å². The number of aliphatic carboxylic acids is 1. The van der Waals surface area contributed by atoms with E-state index in [4.69, 9.17) is 24.1 Å². The molecule has 26 nitrogen and oxygen atoms in total. The highest BCUT2D eigenvalue weighted by Gasteiger charge is 2.30. The van der Waals surface area contributed by atoms with Crippen molar-refractivity contribution < 1.29 is 57.6 Å². The van der Waals surface area contributed by atoms with Crippen molar-refractivity contribution in [1.82, 2.24) is 72.3 Å². The number of benzene rings is 4. The number of nitrogens with zero attached hydrogens (tertiary/aromatic N) is 9. The molecule has 0 aliphatic heterocycles. The second kappa shape index (κ2) is 38.6. The fourth-order valence-electron chi connectivity index (χ4n) is 9.96. The third-order valence-corrected chi connectivity index (χ3v) is 15.2. The molecule has 1 fully saturated rings. The number of fused-ring (bicyclic) bond motifs is 1. The van der Waals surface area contributed by atoms with Crippen LogP contribution in [0.2, 0.25) is 0 Å². The van der Waals surface area contributed by atoms with Crippen LogP contribution < -0.4 is 26.6 Å². The first-order chi connectivity index (χ1) is 44.2. The Balaban J connectivity index is 0.791. The van der Waals surface area contributed by atoms with Crippen LogP contribution in [0.3, 0.4) is 0 Å². The molecular weight excluding hydrogens is 1170 g/mol. The second-order valence-electron chi connectivity index (χ2n) is 22.3. The average molecular weight is 1250 g/mol. The van der Waals surface area contributed by atoms with E-state index in [0.29, 0.717) is 101 Å². The van der Waals surface area contributed by atoms with E-state index in [1.54, 1.807) is 18.7 Å². The van der Waals surface area contributed by atoms with Gasteiger partial charge in [-0.2, -0.15) is 0 Å². The number of aromatic nitrogens is 8. The third kappa shape index (κ3) is 25.9. The highest BCUT2D eigenvalue weighted by molar-refractivity contribution is 5.89. The van der Waals surface area contributed by atoms with Gasteiger partial charge in [0.15, 0.2) is 11.6 Å². The van der Waals surface area contributed by atoms with Crippen molar-refractivity contribution in [3.05, 3.63) is 119 Å². The molecule has 0 bridgehead atoms. The highest BCUT2D eigenvalue weighted by Crippen LogP contribution is 2.29. The molecule has 26 heteroatoms. The number of carboxylic acid groups (broad SMARTS) is 1. The number of carbonyl (C=O) groups excluding carboxylic acids is 6. The fourth-order valence-corrected chi connectivity index (χ4v) is 9.96. The summed E-state index contributed by atoms with van der Waals surface area (Å²) >= 11 is 0. The number of hydrogen-bond donors (Lipinski definition) is 6. The molecular formula is C65H84N14O12. The maximum absolute atomic E-state index is 13.8. The first-order valence-corrected chi connectivity index (χ1v) is 31.2. The minimum absolute atomic E-state index is 0.0300. The normalized spacial score (nSPS) is 14.0. The first kappa shape index (κ1) is 69.6. The van der Waals surface area contributed by atoms with Gasteiger partial charge in [0, 0.05) is 94.8 Å². The number of unbranched alkanes of at least 4 members (excludes halogenated alkanes) is 2. The van der Waals surface area contributed by atoms with Gasteiger partial charge in [0.1, 0.15) is 6.04 Å². The maximum atomic E-state index is 13.8. The Morgan fingerprint density at radius 2 is 1.02 bits per heavy atom. The van der Waals surface area contributed by atoms with Crippen LogP contribution in [0, 0.1) is 25.7 Å². The van der Waals surface area contributed by atoms with E-state index in [-0.39, 0.29) is 145 Å². The van der Waals surface area contributed by atoms with Gasteiger partial charge in [-0.3, -0.25) is 33.6 Å². The number of ether oxygens (including phenoxy) is 4. The minimum Gasteiger partial charge on any atom is -0.481 e.